The van der Waals surface area contributed by atoms with Crippen LogP contribution in [0.15, 0.2) is 30.5 Å². The minimum atomic E-state index is 0.145. The molecule has 0 amide bonds. The number of nitrogens with zero attached hydrogens (tertiary/aromatic N) is 1. The van der Waals surface area contributed by atoms with Crippen molar-refractivity contribution in [2.45, 2.75) is 25.2 Å². The Morgan fingerprint density at radius 3 is 2.88 bits per heavy atom. The molecule has 3 rings (SSSR count). The van der Waals surface area contributed by atoms with E-state index in [4.69, 9.17) is 0 Å². The van der Waals surface area contributed by atoms with Gasteiger partial charge in [0.15, 0.2) is 0 Å². The predicted octanol–water partition coefficient (Wildman–Crippen LogP) is 3.01. The normalized spacial score (nSPS) is 20.8. The van der Waals surface area contributed by atoms with Crippen molar-refractivity contribution in [1.82, 2.24) is 4.57 Å². The third-order valence-corrected chi connectivity index (χ3v) is 3.61. The van der Waals surface area contributed by atoms with Gasteiger partial charge in [-0.2, -0.15) is 0 Å². The van der Waals surface area contributed by atoms with Crippen LogP contribution in [0.25, 0.3) is 10.9 Å². The SMILES string of the molecule is Cn1cc([C@@H]2CCCC2=O)c2ccccc21. The Morgan fingerprint density at radius 1 is 1.31 bits per heavy atom. The summed E-state index contributed by atoms with van der Waals surface area (Å²) >= 11 is 0. The van der Waals surface area contributed by atoms with Gasteiger partial charge in [0, 0.05) is 36.5 Å². The summed E-state index contributed by atoms with van der Waals surface area (Å²) in [5.74, 6) is 0.558. The molecule has 1 aliphatic carbocycles. The molecular weight excluding hydrogens is 198 g/mol. The summed E-state index contributed by atoms with van der Waals surface area (Å²) in [5, 5.41) is 1.24. The van der Waals surface area contributed by atoms with Crippen LogP contribution in [0.3, 0.4) is 0 Å². The van der Waals surface area contributed by atoms with Gasteiger partial charge in [-0.25, -0.2) is 0 Å². The van der Waals surface area contributed by atoms with Crippen molar-refractivity contribution < 1.29 is 4.79 Å². The summed E-state index contributed by atoms with van der Waals surface area (Å²) in [7, 11) is 2.05. The van der Waals surface area contributed by atoms with Crippen molar-refractivity contribution in [2.75, 3.05) is 0 Å². The fraction of sp³-hybridized carbons (Fsp3) is 0.357. The van der Waals surface area contributed by atoms with Gasteiger partial charge in [0.1, 0.15) is 5.78 Å². The molecule has 1 aliphatic rings. The maximum atomic E-state index is 11.8. The van der Waals surface area contributed by atoms with Crippen molar-refractivity contribution >= 4 is 16.7 Å². The van der Waals surface area contributed by atoms with E-state index in [9.17, 15) is 4.79 Å². The van der Waals surface area contributed by atoms with E-state index in [1.165, 1.54) is 16.5 Å². The molecule has 0 radical (unpaired) electrons. The zero-order valence-corrected chi connectivity index (χ0v) is 9.44. The summed E-state index contributed by atoms with van der Waals surface area (Å²) in [5.41, 5.74) is 2.44. The quantitative estimate of drug-likeness (QED) is 0.713. The molecule has 2 nitrogen and oxygen atoms in total. The number of aryl methyl sites for hydroxylation is 1. The van der Waals surface area contributed by atoms with Crippen LogP contribution in [0.2, 0.25) is 0 Å². The Hall–Kier alpha value is -1.57. The average molecular weight is 213 g/mol. The smallest absolute Gasteiger partial charge is 0.140 e. The second kappa shape index (κ2) is 3.48. The molecule has 2 aromatic rings. The van der Waals surface area contributed by atoms with Crippen molar-refractivity contribution in [3.8, 4) is 0 Å². The summed E-state index contributed by atoms with van der Waals surface area (Å²) in [4.78, 5) is 11.8. The lowest BCUT2D eigenvalue weighted by Gasteiger charge is -2.05. The number of carbonyl (C=O) groups is 1. The number of Topliss-reactive ketones (excluding diaryl/α,β-unsaturated/α-hetero) is 1. The minimum absolute atomic E-state index is 0.145. The molecule has 0 aliphatic heterocycles. The maximum Gasteiger partial charge on any atom is 0.140 e. The first-order valence-electron chi connectivity index (χ1n) is 5.84. The van der Waals surface area contributed by atoms with E-state index in [0.29, 0.717) is 5.78 Å². The van der Waals surface area contributed by atoms with Gasteiger partial charge in [0.05, 0.1) is 0 Å². The maximum absolute atomic E-state index is 11.8. The largest absolute Gasteiger partial charge is 0.350 e. The van der Waals surface area contributed by atoms with Gasteiger partial charge in [-0.1, -0.05) is 18.2 Å². The number of hydrogen-bond acceptors (Lipinski definition) is 1. The summed E-state index contributed by atoms with van der Waals surface area (Å²) < 4.78 is 2.12. The van der Waals surface area contributed by atoms with E-state index < -0.39 is 0 Å². The highest BCUT2D eigenvalue weighted by Crippen LogP contribution is 2.35. The molecule has 1 heterocycles. The lowest BCUT2D eigenvalue weighted by molar-refractivity contribution is -0.118. The van der Waals surface area contributed by atoms with Crippen molar-refractivity contribution in [1.29, 1.82) is 0 Å². The molecular formula is C14H15NO. The van der Waals surface area contributed by atoms with Crippen LogP contribution in [0.4, 0.5) is 0 Å². The van der Waals surface area contributed by atoms with Crippen LogP contribution in [0.5, 0.6) is 0 Å². The highest BCUT2D eigenvalue weighted by atomic mass is 16.1. The molecule has 0 N–H and O–H groups in total. The molecule has 1 fully saturated rings. The third kappa shape index (κ3) is 1.29. The van der Waals surface area contributed by atoms with Gasteiger partial charge in [-0.3, -0.25) is 4.79 Å². The Morgan fingerprint density at radius 2 is 2.12 bits per heavy atom. The van der Waals surface area contributed by atoms with E-state index in [-0.39, 0.29) is 5.92 Å². The van der Waals surface area contributed by atoms with Gasteiger partial charge in [0.2, 0.25) is 0 Å². The number of rotatable bonds is 1. The lowest BCUT2D eigenvalue weighted by atomic mass is 9.96. The number of para-hydroxylation sites is 1. The van der Waals surface area contributed by atoms with Crippen LogP contribution in [-0.4, -0.2) is 10.4 Å². The molecule has 0 unspecified atom stereocenters. The van der Waals surface area contributed by atoms with Crippen LogP contribution in [0, 0.1) is 0 Å². The third-order valence-electron chi connectivity index (χ3n) is 3.61. The van der Waals surface area contributed by atoms with Gasteiger partial charge >= 0.3 is 0 Å². The van der Waals surface area contributed by atoms with E-state index in [2.05, 4.69) is 22.9 Å². The molecule has 0 spiro atoms. The average Bonchev–Trinajstić information content (AvgIpc) is 2.84. The molecule has 82 valence electrons. The predicted molar refractivity (Wildman–Crippen MR) is 64.5 cm³/mol. The number of ketones is 1. The first kappa shape index (κ1) is 9.64. The van der Waals surface area contributed by atoms with E-state index in [0.717, 1.165) is 19.3 Å². The van der Waals surface area contributed by atoms with Gasteiger partial charge in [-0.15, -0.1) is 0 Å². The van der Waals surface area contributed by atoms with Gasteiger partial charge < -0.3 is 4.57 Å². The number of fused-ring (bicyclic) bond motifs is 1. The number of benzene rings is 1. The van der Waals surface area contributed by atoms with Crippen molar-refractivity contribution in [3.05, 3.63) is 36.0 Å². The zero-order chi connectivity index (χ0) is 11.1. The lowest BCUT2D eigenvalue weighted by Crippen LogP contribution is -2.03. The van der Waals surface area contributed by atoms with Crippen LogP contribution in [-0.2, 0) is 11.8 Å². The molecule has 1 atom stereocenters. The number of aromatic nitrogens is 1. The molecule has 0 saturated heterocycles. The van der Waals surface area contributed by atoms with Crippen LogP contribution < -0.4 is 0 Å². The van der Waals surface area contributed by atoms with Crippen LogP contribution in [0.1, 0.15) is 30.7 Å². The first-order chi connectivity index (χ1) is 7.77. The van der Waals surface area contributed by atoms with Crippen LogP contribution >= 0.6 is 0 Å². The first-order valence-corrected chi connectivity index (χ1v) is 5.84. The zero-order valence-electron chi connectivity index (χ0n) is 9.44. The fourth-order valence-corrected chi connectivity index (χ4v) is 2.80. The number of carbonyl (C=O) groups excluding carboxylic acids is 1. The van der Waals surface area contributed by atoms with Gasteiger partial charge in [-0.05, 0) is 24.5 Å². The van der Waals surface area contributed by atoms with Gasteiger partial charge in [0.25, 0.3) is 0 Å². The Bertz CT molecular complexity index is 553. The monoisotopic (exact) mass is 213 g/mol. The summed E-state index contributed by atoms with van der Waals surface area (Å²) in [6, 6.07) is 8.32. The number of hydrogen-bond donors (Lipinski definition) is 0. The highest BCUT2D eigenvalue weighted by Gasteiger charge is 2.28. The van der Waals surface area contributed by atoms with E-state index >= 15 is 0 Å². The Balaban J connectivity index is 2.20. The topological polar surface area (TPSA) is 22.0 Å². The molecule has 0 bridgehead atoms. The second-order valence-corrected chi connectivity index (χ2v) is 4.62. The van der Waals surface area contributed by atoms with Crippen molar-refractivity contribution in [2.24, 2.45) is 7.05 Å². The molecule has 1 aromatic carbocycles. The molecule has 1 aromatic heterocycles. The summed E-state index contributed by atoms with van der Waals surface area (Å²) in [6.45, 7) is 0. The summed E-state index contributed by atoms with van der Waals surface area (Å²) in [6.07, 6.45) is 4.95. The highest BCUT2D eigenvalue weighted by molar-refractivity contribution is 5.94. The van der Waals surface area contributed by atoms with E-state index in [1.807, 2.05) is 19.2 Å². The minimum Gasteiger partial charge on any atom is -0.350 e. The fourth-order valence-electron chi connectivity index (χ4n) is 2.80. The molecule has 2 heteroatoms. The molecule has 1 saturated carbocycles. The van der Waals surface area contributed by atoms with Crippen molar-refractivity contribution in [3.63, 3.8) is 0 Å². The Kier molecular flexibility index (Phi) is 2.10. The Labute approximate surface area is 94.9 Å². The standard InChI is InChI=1S/C14H15NO/c1-15-9-12(11-6-4-8-14(11)16)10-5-2-3-7-13(10)15/h2-3,5,7,9,11H,4,6,8H2,1H3/t11-/m0/s1. The second-order valence-electron chi connectivity index (χ2n) is 4.62. The van der Waals surface area contributed by atoms with E-state index in [1.54, 1.807) is 0 Å². The molecule has 16 heavy (non-hydrogen) atoms.